The van der Waals surface area contributed by atoms with Gasteiger partial charge in [-0.3, -0.25) is 0 Å². The molecule has 0 amide bonds. The normalized spacial score (nSPS) is 17.1. The maximum Gasteiger partial charge on any atom is 1.00 e. The van der Waals surface area contributed by atoms with E-state index in [2.05, 4.69) is 0 Å². The largest absolute Gasteiger partial charge is 1.00 e. The van der Waals surface area contributed by atoms with Crippen molar-refractivity contribution in [2.75, 3.05) is 0 Å². The Labute approximate surface area is 292 Å². The molecule has 0 saturated heterocycles. The zero-order chi connectivity index (χ0) is 44.5. The second-order valence-electron chi connectivity index (χ2n) is 9.51. The quantitative estimate of drug-likeness (QED) is 0.106. The van der Waals surface area contributed by atoms with Crippen molar-refractivity contribution in [3.05, 3.63) is 0 Å². The summed E-state index contributed by atoms with van der Waals surface area (Å²) >= 11 is 0. The topological polar surface area (TPSA) is 57.2 Å². The van der Waals surface area contributed by atoms with Gasteiger partial charge < -0.3 is 4.55 Å². The molecule has 0 heterocycles. The number of halogens is 33. The molecule has 0 aliphatic heterocycles. The molecule has 54 heavy (non-hydrogen) atoms. The molecule has 0 aromatic rings. The third-order valence-electron chi connectivity index (χ3n) is 6.16. The Bertz CT molecular complexity index is 1490. The Morgan fingerprint density at radius 1 is 0.241 bits per heavy atom. The van der Waals surface area contributed by atoms with Crippen molar-refractivity contribution >= 4 is 10.1 Å². The van der Waals surface area contributed by atoms with Crippen molar-refractivity contribution in [2.24, 2.45) is 0 Å². The second kappa shape index (κ2) is 13.1. The molecule has 320 valence electrons. The summed E-state index contributed by atoms with van der Waals surface area (Å²) in [6.07, 6.45) is -8.42. The molecule has 0 aromatic carbocycles. The molecule has 0 spiro atoms. The van der Waals surface area contributed by atoms with Gasteiger partial charge in [0.05, 0.1) is 0 Å². The van der Waals surface area contributed by atoms with Crippen LogP contribution in [0.15, 0.2) is 0 Å². The van der Waals surface area contributed by atoms with Gasteiger partial charge in [0, 0.05) is 0 Å². The summed E-state index contributed by atoms with van der Waals surface area (Å²) in [4.78, 5) is 0. The Kier molecular flexibility index (Phi) is 13.2. The minimum Gasteiger partial charge on any atom is -0.743 e. The summed E-state index contributed by atoms with van der Waals surface area (Å²) in [5.41, 5.74) is 0. The minimum absolute atomic E-state index is 0. The van der Waals surface area contributed by atoms with Gasteiger partial charge >= 0.3 is 124 Å². The number of rotatable bonds is 15. The Balaban J connectivity index is 0. The molecular formula is C16F33NaO3S. The first-order chi connectivity index (χ1) is 22.0. The van der Waals surface area contributed by atoms with E-state index >= 15 is 0 Å². The average molecular weight is 922 g/mol. The Hall–Kier alpha value is -1.40. The van der Waals surface area contributed by atoms with Gasteiger partial charge in [0.15, 0.2) is 10.1 Å². The van der Waals surface area contributed by atoms with Crippen molar-refractivity contribution in [3.8, 4) is 0 Å². The summed E-state index contributed by atoms with van der Waals surface area (Å²) in [6, 6.07) is 0. The average Bonchev–Trinajstić information content (AvgIpc) is 2.89. The molecule has 0 unspecified atom stereocenters. The number of hydrogen-bond donors (Lipinski definition) is 0. The van der Waals surface area contributed by atoms with E-state index in [-0.39, 0.29) is 29.6 Å². The van der Waals surface area contributed by atoms with Crippen LogP contribution >= 0.6 is 0 Å². The first-order valence-electron chi connectivity index (χ1n) is 10.7. The van der Waals surface area contributed by atoms with Crippen LogP contribution in [0, 0.1) is 0 Å². The predicted molar refractivity (Wildman–Crippen MR) is 90.0 cm³/mol. The molecule has 0 saturated carbocycles. The summed E-state index contributed by atoms with van der Waals surface area (Å²) in [7, 11) is -8.69. The maximum absolute atomic E-state index is 13.8. The van der Waals surface area contributed by atoms with Crippen molar-refractivity contribution in [1.82, 2.24) is 0 Å². The molecule has 0 bridgehead atoms. The molecule has 0 aliphatic carbocycles. The molecular weight excluding hydrogens is 922 g/mol. The molecule has 0 atom stereocenters. The third-order valence-corrected chi connectivity index (χ3v) is 7.05. The van der Waals surface area contributed by atoms with Gasteiger partial charge in [-0.1, -0.05) is 0 Å². The fourth-order valence-electron chi connectivity index (χ4n) is 2.88. The molecule has 0 aromatic heterocycles. The van der Waals surface area contributed by atoms with Crippen molar-refractivity contribution in [2.45, 2.75) is 94.3 Å². The SMILES string of the molecule is O=S(=O)([O-])C(F)(F)C(F)(F)C(F)(F)C(F)(F)C(F)(F)C(F)(F)C(F)(F)C(F)(F)C(F)(F)C(F)(F)C(F)(F)C(F)(F)C(F)(F)C(F)(F)C(F)(F)C(F)(F)F.[Na+]. The Morgan fingerprint density at radius 3 is 0.463 bits per heavy atom. The summed E-state index contributed by atoms with van der Waals surface area (Å²) in [6.45, 7) is 0. The zero-order valence-electron chi connectivity index (χ0n) is 23.1. The van der Waals surface area contributed by atoms with Gasteiger partial charge in [-0.05, 0) is 0 Å². The van der Waals surface area contributed by atoms with Gasteiger partial charge in [-0.15, -0.1) is 0 Å². The van der Waals surface area contributed by atoms with Crippen LogP contribution in [0.4, 0.5) is 145 Å². The predicted octanol–water partition coefficient (Wildman–Crippen LogP) is 6.58. The standard InChI is InChI=1S/C16HF33O3S.Na/c17-1(18,3(21,22)5(25,26)7(29,30)9(33,34)11(37,38)13(41,42)15(45,46)47)2(19,20)4(23,24)6(27,28)8(31,32)10(35,36)12(39,40)14(43,44)16(48,49)53(50,51)52;/h(H,50,51,52);/q;+1/p-1. The molecule has 0 N–H and O–H groups in total. The van der Waals surface area contributed by atoms with Crippen molar-refractivity contribution in [3.63, 3.8) is 0 Å². The number of alkyl halides is 33. The molecule has 3 nitrogen and oxygen atoms in total. The van der Waals surface area contributed by atoms with E-state index in [4.69, 9.17) is 0 Å². The molecule has 38 heteroatoms. The summed E-state index contributed by atoms with van der Waals surface area (Å²) < 4.78 is 470. The van der Waals surface area contributed by atoms with E-state index in [0.717, 1.165) is 0 Å². The summed E-state index contributed by atoms with van der Waals surface area (Å²) in [5, 5.41) is -8.54. The van der Waals surface area contributed by atoms with Crippen LogP contribution in [-0.2, 0) is 10.1 Å². The van der Waals surface area contributed by atoms with Crippen LogP contribution in [0.3, 0.4) is 0 Å². The van der Waals surface area contributed by atoms with Crippen LogP contribution < -0.4 is 29.6 Å². The number of hydrogen-bond acceptors (Lipinski definition) is 3. The van der Waals surface area contributed by atoms with Crippen molar-refractivity contribution < 1.29 is 187 Å². The van der Waals surface area contributed by atoms with Crippen LogP contribution in [-0.4, -0.2) is 107 Å². The smallest absolute Gasteiger partial charge is 0.743 e. The first-order valence-corrected chi connectivity index (χ1v) is 12.1. The van der Waals surface area contributed by atoms with E-state index in [9.17, 15) is 158 Å². The summed E-state index contributed by atoms with van der Waals surface area (Å²) in [5.74, 6) is -138. The second-order valence-corrected chi connectivity index (χ2v) is 10.9. The minimum atomic E-state index is -10.3. The van der Waals surface area contributed by atoms with Gasteiger partial charge in [0.25, 0.3) is 0 Å². The van der Waals surface area contributed by atoms with E-state index in [1.807, 2.05) is 0 Å². The first kappa shape index (κ1) is 54.7. The molecule has 0 radical (unpaired) electrons. The van der Waals surface area contributed by atoms with Crippen molar-refractivity contribution in [1.29, 1.82) is 0 Å². The Morgan fingerprint density at radius 2 is 0.352 bits per heavy atom. The van der Waals surface area contributed by atoms with Gasteiger partial charge in [0.2, 0.25) is 0 Å². The fourth-order valence-corrected chi connectivity index (χ4v) is 3.33. The van der Waals surface area contributed by atoms with Crippen LogP contribution in [0.5, 0.6) is 0 Å². The third kappa shape index (κ3) is 6.12. The van der Waals surface area contributed by atoms with Crippen LogP contribution in [0.25, 0.3) is 0 Å². The molecule has 0 rings (SSSR count). The van der Waals surface area contributed by atoms with Crippen LogP contribution in [0.1, 0.15) is 0 Å². The fraction of sp³-hybridized carbons (Fsp3) is 1.00. The molecule has 0 aliphatic rings. The van der Waals surface area contributed by atoms with E-state index in [1.54, 1.807) is 0 Å². The van der Waals surface area contributed by atoms with Crippen LogP contribution in [0.2, 0.25) is 0 Å². The van der Waals surface area contributed by atoms with E-state index in [0.29, 0.717) is 0 Å². The van der Waals surface area contributed by atoms with Gasteiger partial charge in [-0.2, -0.15) is 145 Å². The maximum atomic E-state index is 13.8. The van der Waals surface area contributed by atoms with E-state index < -0.39 is 104 Å². The van der Waals surface area contributed by atoms with E-state index in [1.165, 1.54) is 0 Å². The van der Waals surface area contributed by atoms with Gasteiger partial charge in [0.1, 0.15) is 0 Å². The monoisotopic (exact) mass is 922 g/mol. The molecule has 0 fully saturated rings. The zero-order valence-corrected chi connectivity index (χ0v) is 25.9. The van der Waals surface area contributed by atoms with Gasteiger partial charge in [-0.25, -0.2) is 8.42 Å².